The third kappa shape index (κ3) is 4.13. The van der Waals surface area contributed by atoms with Gasteiger partial charge < -0.3 is 9.88 Å². The lowest BCUT2D eigenvalue weighted by atomic mass is 10.2. The summed E-state index contributed by atoms with van der Waals surface area (Å²) in [6.45, 7) is 2.18. The molecule has 0 radical (unpaired) electrons. The smallest absolute Gasteiger partial charge is 0.238 e. The fourth-order valence-corrected chi connectivity index (χ4v) is 4.48. The van der Waals surface area contributed by atoms with Crippen LogP contribution >= 0.6 is 23.2 Å². The van der Waals surface area contributed by atoms with E-state index in [-0.39, 0.29) is 11.9 Å². The maximum absolute atomic E-state index is 12.6. The number of carbonyl (C=O) groups is 1. The number of hydrogen-bond donors (Lipinski definition) is 1. The van der Waals surface area contributed by atoms with E-state index in [9.17, 15) is 4.79 Å². The Labute approximate surface area is 168 Å². The summed E-state index contributed by atoms with van der Waals surface area (Å²) in [5, 5.41) is 12.8. The van der Waals surface area contributed by atoms with E-state index in [4.69, 9.17) is 23.2 Å². The van der Waals surface area contributed by atoms with Crippen LogP contribution < -0.4 is 5.32 Å². The van der Waals surface area contributed by atoms with Gasteiger partial charge in [-0.25, -0.2) is 0 Å². The first-order valence-electron chi connectivity index (χ1n) is 9.53. The maximum atomic E-state index is 12.6. The van der Waals surface area contributed by atoms with Gasteiger partial charge in [-0.05, 0) is 50.4 Å². The zero-order chi connectivity index (χ0) is 18.8. The van der Waals surface area contributed by atoms with Gasteiger partial charge in [0, 0.05) is 18.0 Å². The highest BCUT2D eigenvalue weighted by atomic mass is 35.5. The van der Waals surface area contributed by atoms with Crippen molar-refractivity contribution in [1.82, 2.24) is 19.7 Å². The van der Waals surface area contributed by atoms with Gasteiger partial charge in [-0.15, -0.1) is 10.2 Å². The number of aromatic nitrogens is 3. The van der Waals surface area contributed by atoms with E-state index in [0.29, 0.717) is 22.3 Å². The first-order valence-corrected chi connectivity index (χ1v) is 10.3. The third-order valence-corrected chi connectivity index (χ3v) is 5.90. The van der Waals surface area contributed by atoms with Gasteiger partial charge in [0.15, 0.2) is 0 Å². The highest BCUT2D eigenvalue weighted by Gasteiger charge is 2.32. The average Bonchev–Trinajstić information content (AvgIpc) is 3.17. The normalized spacial score (nSPS) is 20.3. The molecule has 6 nitrogen and oxygen atoms in total. The van der Waals surface area contributed by atoms with E-state index in [1.807, 2.05) is 0 Å². The van der Waals surface area contributed by atoms with Crippen LogP contribution in [0.1, 0.15) is 49.8 Å². The highest BCUT2D eigenvalue weighted by molar-refractivity contribution is 6.36. The zero-order valence-electron chi connectivity index (χ0n) is 15.1. The Balaban J connectivity index is 1.46. The quantitative estimate of drug-likeness (QED) is 0.828. The lowest BCUT2D eigenvalue weighted by Gasteiger charge is -2.24. The van der Waals surface area contributed by atoms with Crippen LogP contribution in [0.5, 0.6) is 0 Å². The number of anilines is 1. The zero-order valence-corrected chi connectivity index (χ0v) is 16.6. The number of aryl methyl sites for hydroxylation is 1. The van der Waals surface area contributed by atoms with E-state index in [1.54, 1.807) is 18.2 Å². The molecule has 3 heterocycles. The van der Waals surface area contributed by atoms with Crippen molar-refractivity contribution in [2.75, 3.05) is 18.4 Å². The molecule has 1 saturated heterocycles. The number of fused-ring (bicyclic) bond motifs is 1. The summed E-state index contributed by atoms with van der Waals surface area (Å²) < 4.78 is 2.28. The number of carbonyl (C=O) groups excluding carboxylic acids is 1. The Morgan fingerprint density at radius 3 is 2.89 bits per heavy atom. The SMILES string of the molecule is O=C(CN1CCCC1c1nnc2n1CCCCC2)Nc1ccc(Cl)cc1Cl. The number of hydrogen-bond acceptors (Lipinski definition) is 4. The number of nitrogens with one attached hydrogen (secondary N) is 1. The molecule has 144 valence electrons. The first-order chi connectivity index (χ1) is 13.1. The summed E-state index contributed by atoms with van der Waals surface area (Å²) in [5.41, 5.74) is 0.582. The Bertz CT molecular complexity index is 838. The molecule has 4 rings (SSSR count). The summed E-state index contributed by atoms with van der Waals surface area (Å²) >= 11 is 12.1. The number of halogens is 2. The van der Waals surface area contributed by atoms with Gasteiger partial charge in [0.05, 0.1) is 23.3 Å². The van der Waals surface area contributed by atoms with Gasteiger partial charge in [0.1, 0.15) is 11.6 Å². The average molecular weight is 408 g/mol. The third-order valence-electron chi connectivity index (χ3n) is 5.35. The predicted octanol–water partition coefficient (Wildman–Crippen LogP) is 4.09. The van der Waals surface area contributed by atoms with E-state index < -0.39 is 0 Å². The molecule has 1 aromatic heterocycles. The van der Waals surface area contributed by atoms with Crippen LogP contribution in [0.4, 0.5) is 5.69 Å². The van der Waals surface area contributed by atoms with Crippen LogP contribution in [0.15, 0.2) is 18.2 Å². The Kier molecular flexibility index (Phi) is 5.66. The van der Waals surface area contributed by atoms with Crippen molar-refractivity contribution in [3.05, 3.63) is 39.9 Å². The lowest BCUT2D eigenvalue weighted by molar-refractivity contribution is -0.117. The van der Waals surface area contributed by atoms with Crippen LogP contribution in [0.25, 0.3) is 0 Å². The van der Waals surface area contributed by atoms with Gasteiger partial charge in [0.2, 0.25) is 5.91 Å². The van der Waals surface area contributed by atoms with Crippen molar-refractivity contribution in [2.45, 2.75) is 51.1 Å². The first kappa shape index (κ1) is 18.7. The van der Waals surface area contributed by atoms with Crippen molar-refractivity contribution in [2.24, 2.45) is 0 Å². The molecule has 1 unspecified atom stereocenters. The molecule has 1 amide bonds. The molecule has 0 bridgehead atoms. The summed E-state index contributed by atoms with van der Waals surface area (Å²) in [6, 6.07) is 5.22. The Morgan fingerprint density at radius 2 is 2.04 bits per heavy atom. The fourth-order valence-electron chi connectivity index (χ4n) is 4.03. The molecule has 0 aliphatic carbocycles. The van der Waals surface area contributed by atoms with Gasteiger partial charge in [-0.2, -0.15) is 0 Å². The molecule has 0 spiro atoms. The van der Waals surface area contributed by atoms with Gasteiger partial charge in [-0.3, -0.25) is 9.69 Å². The lowest BCUT2D eigenvalue weighted by Crippen LogP contribution is -2.34. The van der Waals surface area contributed by atoms with E-state index in [2.05, 4.69) is 25.0 Å². The largest absolute Gasteiger partial charge is 0.324 e. The standard InChI is InChI=1S/C19H23Cl2N5O/c20-13-7-8-15(14(21)11-13)22-18(27)12-25-9-4-5-16(25)19-24-23-17-6-2-1-3-10-26(17)19/h7-8,11,16H,1-6,9-10,12H2,(H,22,27). The minimum atomic E-state index is -0.0817. The van der Waals surface area contributed by atoms with E-state index in [0.717, 1.165) is 44.0 Å². The maximum Gasteiger partial charge on any atom is 0.238 e. The van der Waals surface area contributed by atoms with Crippen molar-refractivity contribution in [3.63, 3.8) is 0 Å². The molecule has 0 saturated carbocycles. The topological polar surface area (TPSA) is 63.1 Å². The molecule has 1 aromatic carbocycles. The summed E-state index contributed by atoms with van der Waals surface area (Å²) in [7, 11) is 0. The summed E-state index contributed by atoms with van der Waals surface area (Å²) in [5.74, 6) is 2.02. The number of rotatable bonds is 4. The van der Waals surface area contributed by atoms with Crippen molar-refractivity contribution >= 4 is 34.8 Å². The Hall–Kier alpha value is -1.63. The molecule has 1 atom stereocenters. The number of amides is 1. The minimum absolute atomic E-state index is 0.0817. The molecule has 2 aliphatic rings. The van der Waals surface area contributed by atoms with Crippen LogP contribution in [-0.2, 0) is 17.8 Å². The molecule has 2 aliphatic heterocycles. The van der Waals surface area contributed by atoms with Crippen molar-refractivity contribution < 1.29 is 4.79 Å². The van der Waals surface area contributed by atoms with Crippen LogP contribution in [0.2, 0.25) is 10.0 Å². The second-order valence-electron chi connectivity index (χ2n) is 7.24. The number of benzene rings is 1. The molecule has 1 fully saturated rings. The summed E-state index contributed by atoms with van der Waals surface area (Å²) in [6.07, 6.45) is 6.64. The van der Waals surface area contributed by atoms with Gasteiger partial charge in [-0.1, -0.05) is 29.6 Å². The molecule has 27 heavy (non-hydrogen) atoms. The molecule has 8 heteroatoms. The van der Waals surface area contributed by atoms with Crippen LogP contribution in [0.3, 0.4) is 0 Å². The molecule has 1 N–H and O–H groups in total. The predicted molar refractivity (Wildman–Crippen MR) is 106 cm³/mol. The second kappa shape index (κ2) is 8.17. The summed E-state index contributed by atoms with van der Waals surface area (Å²) in [4.78, 5) is 14.8. The molecule has 2 aromatic rings. The number of nitrogens with zero attached hydrogens (tertiary/aromatic N) is 4. The monoisotopic (exact) mass is 407 g/mol. The van der Waals surface area contributed by atoms with E-state index >= 15 is 0 Å². The number of likely N-dealkylation sites (tertiary alicyclic amines) is 1. The fraction of sp³-hybridized carbons (Fsp3) is 0.526. The van der Waals surface area contributed by atoms with E-state index in [1.165, 1.54) is 19.3 Å². The van der Waals surface area contributed by atoms with Crippen molar-refractivity contribution in [1.29, 1.82) is 0 Å². The Morgan fingerprint density at radius 1 is 1.15 bits per heavy atom. The highest BCUT2D eigenvalue weighted by Crippen LogP contribution is 2.32. The molecular weight excluding hydrogens is 385 g/mol. The minimum Gasteiger partial charge on any atom is -0.324 e. The van der Waals surface area contributed by atoms with Crippen molar-refractivity contribution in [3.8, 4) is 0 Å². The van der Waals surface area contributed by atoms with Crippen LogP contribution in [-0.4, -0.2) is 38.7 Å². The molecular formula is C19H23Cl2N5O. The van der Waals surface area contributed by atoms with Crippen LogP contribution in [0, 0.1) is 0 Å². The van der Waals surface area contributed by atoms with Gasteiger partial charge in [0.25, 0.3) is 0 Å². The second-order valence-corrected chi connectivity index (χ2v) is 8.08. The van der Waals surface area contributed by atoms with Gasteiger partial charge >= 0.3 is 0 Å².